The molecule has 0 unspecified atom stereocenters. The summed E-state index contributed by atoms with van der Waals surface area (Å²) in [6.45, 7) is 5.41. The van der Waals surface area contributed by atoms with E-state index in [1.165, 1.54) is 11.8 Å². The first-order valence-corrected chi connectivity index (χ1v) is 12.1. The van der Waals surface area contributed by atoms with Crippen molar-refractivity contribution in [1.82, 2.24) is 9.88 Å². The van der Waals surface area contributed by atoms with Crippen LogP contribution in [0, 0.1) is 37.3 Å². The van der Waals surface area contributed by atoms with Gasteiger partial charge in [-0.2, -0.15) is 0 Å². The number of carbonyl (C=O) groups excluding carboxylic acids is 3. The smallest absolute Gasteiger partial charge is 0.308 e. The fraction of sp³-hybridized carbons (Fsp3) is 0.241. The number of pyridine rings is 1. The van der Waals surface area contributed by atoms with E-state index < -0.39 is 47.1 Å². The van der Waals surface area contributed by atoms with Crippen LogP contribution in [0.5, 0.6) is 0 Å². The number of halogens is 2. The number of amides is 4. The predicted molar refractivity (Wildman–Crippen MR) is 137 cm³/mol. The maximum atomic E-state index is 15.2. The van der Waals surface area contributed by atoms with Crippen LogP contribution in [-0.4, -0.2) is 46.4 Å². The summed E-state index contributed by atoms with van der Waals surface area (Å²) in [5, 5.41) is 0. The maximum Gasteiger partial charge on any atom is 0.332 e. The molecule has 0 radical (unpaired) electrons. The molecule has 5 rings (SSSR count). The van der Waals surface area contributed by atoms with Crippen LogP contribution in [0.25, 0.3) is 0 Å². The van der Waals surface area contributed by atoms with Crippen molar-refractivity contribution in [1.29, 1.82) is 0 Å². The van der Waals surface area contributed by atoms with E-state index in [0.29, 0.717) is 16.2 Å². The van der Waals surface area contributed by atoms with Gasteiger partial charge in [0.25, 0.3) is 5.91 Å². The molecule has 38 heavy (non-hydrogen) atoms. The number of aryl methyl sites for hydroxylation is 2. The Balaban J connectivity index is 1.46. The van der Waals surface area contributed by atoms with E-state index in [4.69, 9.17) is 0 Å². The minimum atomic E-state index is -1.50. The Kier molecular flexibility index (Phi) is 6.19. The van der Waals surface area contributed by atoms with Crippen LogP contribution >= 0.6 is 0 Å². The average Bonchev–Trinajstić information content (AvgIpc) is 2.87. The van der Waals surface area contributed by atoms with Gasteiger partial charge in [0.15, 0.2) is 11.6 Å². The zero-order valence-corrected chi connectivity index (χ0v) is 21.1. The highest BCUT2D eigenvalue weighted by Crippen LogP contribution is 2.39. The number of rotatable bonds is 2. The van der Waals surface area contributed by atoms with Crippen LogP contribution in [0.3, 0.4) is 0 Å². The second-order valence-electron chi connectivity index (χ2n) is 9.60. The SMILES string of the molecule is Cc1cncc(C)c1N1CCN2C(=O)N(c3c(F)cc(C#Cc4ccccc4)cc3F)C(=O)C[C@@]2(C)C1=O. The molecule has 7 nitrogen and oxygen atoms in total. The number of imide groups is 1. The topological polar surface area (TPSA) is 73.8 Å². The van der Waals surface area contributed by atoms with Gasteiger partial charge in [-0.15, -0.1) is 0 Å². The van der Waals surface area contributed by atoms with E-state index in [1.807, 2.05) is 19.9 Å². The number of piperazine rings is 1. The van der Waals surface area contributed by atoms with Crippen LogP contribution in [0.2, 0.25) is 0 Å². The van der Waals surface area contributed by atoms with Gasteiger partial charge < -0.3 is 9.80 Å². The molecule has 0 spiro atoms. The molecule has 192 valence electrons. The summed E-state index contributed by atoms with van der Waals surface area (Å²) in [5.41, 5.74) is 0.690. The molecule has 0 aliphatic carbocycles. The second-order valence-corrected chi connectivity index (χ2v) is 9.60. The Morgan fingerprint density at radius 1 is 0.868 bits per heavy atom. The van der Waals surface area contributed by atoms with E-state index in [0.717, 1.165) is 23.3 Å². The Morgan fingerprint density at radius 2 is 1.47 bits per heavy atom. The van der Waals surface area contributed by atoms with Crippen molar-refractivity contribution in [3.63, 3.8) is 0 Å². The van der Waals surface area contributed by atoms with Crippen molar-refractivity contribution in [2.45, 2.75) is 32.7 Å². The quantitative estimate of drug-likeness (QED) is 0.477. The summed E-state index contributed by atoms with van der Waals surface area (Å²) in [6, 6.07) is 9.95. The Morgan fingerprint density at radius 3 is 2.11 bits per heavy atom. The summed E-state index contributed by atoms with van der Waals surface area (Å²) in [7, 11) is 0. The van der Waals surface area contributed by atoms with Crippen molar-refractivity contribution < 1.29 is 23.2 Å². The molecule has 3 heterocycles. The van der Waals surface area contributed by atoms with E-state index >= 15 is 8.78 Å². The van der Waals surface area contributed by atoms with E-state index in [-0.39, 0.29) is 18.7 Å². The lowest BCUT2D eigenvalue weighted by Crippen LogP contribution is -2.73. The number of anilines is 2. The minimum Gasteiger partial charge on any atom is -0.308 e. The number of carbonyl (C=O) groups is 3. The standard InChI is InChI=1S/C29H24F2N4O3/c1-18-16-32-17-19(2)25(18)33-11-12-34-28(38)35(24(36)15-29(34,3)27(33)37)26-22(30)13-21(14-23(26)31)10-9-20-7-5-4-6-8-20/h4-8,13-14,16-17H,11-12,15H2,1-3H3/t29-/m0/s1. The summed E-state index contributed by atoms with van der Waals surface area (Å²) >= 11 is 0. The maximum absolute atomic E-state index is 15.2. The zero-order chi connectivity index (χ0) is 27.2. The fourth-order valence-electron chi connectivity index (χ4n) is 5.10. The highest BCUT2D eigenvalue weighted by molar-refractivity contribution is 6.21. The highest BCUT2D eigenvalue weighted by Gasteiger charge is 2.56. The van der Waals surface area contributed by atoms with Gasteiger partial charge in [0.1, 0.15) is 11.2 Å². The highest BCUT2D eigenvalue weighted by atomic mass is 19.1. The second kappa shape index (κ2) is 9.38. The summed E-state index contributed by atoms with van der Waals surface area (Å²) in [6.07, 6.45) is 2.86. The third kappa shape index (κ3) is 4.08. The monoisotopic (exact) mass is 514 g/mol. The molecular formula is C29H24F2N4O3. The third-order valence-corrected chi connectivity index (χ3v) is 6.93. The first kappa shape index (κ1) is 25.1. The molecule has 2 aliphatic rings. The molecule has 1 atom stereocenters. The first-order valence-electron chi connectivity index (χ1n) is 12.1. The molecule has 3 aromatic rings. The minimum absolute atomic E-state index is 0.0567. The lowest BCUT2D eigenvalue weighted by Gasteiger charge is -2.51. The van der Waals surface area contributed by atoms with Gasteiger partial charge in [-0.05, 0) is 56.2 Å². The number of benzene rings is 2. The molecule has 1 aromatic heterocycles. The van der Waals surface area contributed by atoms with E-state index in [9.17, 15) is 14.4 Å². The van der Waals surface area contributed by atoms with E-state index in [2.05, 4.69) is 16.8 Å². The molecule has 0 bridgehead atoms. The fourth-order valence-corrected chi connectivity index (χ4v) is 5.10. The number of urea groups is 1. The molecular weight excluding hydrogens is 490 g/mol. The van der Waals surface area contributed by atoms with Crippen molar-refractivity contribution >= 4 is 29.2 Å². The molecule has 2 fully saturated rings. The predicted octanol–water partition coefficient (Wildman–Crippen LogP) is 4.34. The lowest BCUT2D eigenvalue weighted by atomic mass is 9.87. The molecule has 9 heteroatoms. The Bertz CT molecular complexity index is 1500. The van der Waals surface area contributed by atoms with Gasteiger partial charge in [0, 0.05) is 36.6 Å². The largest absolute Gasteiger partial charge is 0.332 e. The average molecular weight is 515 g/mol. The van der Waals surface area contributed by atoms with Crippen molar-refractivity contribution in [2.75, 3.05) is 22.9 Å². The zero-order valence-electron chi connectivity index (χ0n) is 21.1. The molecule has 0 N–H and O–H groups in total. The molecule has 2 aromatic carbocycles. The Hall–Kier alpha value is -4.58. The summed E-state index contributed by atoms with van der Waals surface area (Å²) < 4.78 is 30.4. The molecule has 2 aliphatic heterocycles. The number of hydrogen-bond donors (Lipinski definition) is 0. The summed E-state index contributed by atoms with van der Waals surface area (Å²) in [5.74, 6) is 2.02. The lowest BCUT2D eigenvalue weighted by molar-refractivity contribution is -0.137. The first-order chi connectivity index (χ1) is 18.1. The van der Waals surface area contributed by atoms with Gasteiger partial charge in [-0.3, -0.25) is 14.6 Å². The number of nitrogens with zero attached hydrogens (tertiary/aromatic N) is 4. The van der Waals surface area contributed by atoms with Gasteiger partial charge in [-0.25, -0.2) is 18.5 Å². The van der Waals surface area contributed by atoms with Crippen LogP contribution < -0.4 is 9.80 Å². The van der Waals surface area contributed by atoms with Gasteiger partial charge in [0.05, 0.1) is 12.1 Å². The van der Waals surface area contributed by atoms with Gasteiger partial charge in [0.2, 0.25) is 5.91 Å². The third-order valence-electron chi connectivity index (χ3n) is 6.93. The Labute approximate surface area is 218 Å². The van der Waals surface area contributed by atoms with Crippen molar-refractivity contribution in [3.05, 3.63) is 88.7 Å². The van der Waals surface area contributed by atoms with Crippen molar-refractivity contribution in [3.8, 4) is 11.8 Å². The molecule has 2 saturated heterocycles. The van der Waals surface area contributed by atoms with Crippen LogP contribution in [-0.2, 0) is 9.59 Å². The summed E-state index contributed by atoms with van der Waals surface area (Å²) in [4.78, 5) is 47.8. The van der Waals surface area contributed by atoms with Crippen molar-refractivity contribution in [2.24, 2.45) is 0 Å². The van der Waals surface area contributed by atoms with Gasteiger partial charge in [-0.1, -0.05) is 30.0 Å². The normalized spacial score (nSPS) is 19.3. The van der Waals surface area contributed by atoms with Gasteiger partial charge >= 0.3 is 6.03 Å². The van der Waals surface area contributed by atoms with Crippen LogP contribution in [0.1, 0.15) is 35.6 Å². The number of fused-ring (bicyclic) bond motifs is 1. The van der Waals surface area contributed by atoms with Crippen LogP contribution in [0.4, 0.5) is 25.0 Å². The van der Waals surface area contributed by atoms with Crippen LogP contribution in [0.15, 0.2) is 54.9 Å². The molecule has 0 saturated carbocycles. The molecule has 4 amide bonds. The number of aromatic nitrogens is 1. The number of hydrogen-bond acceptors (Lipinski definition) is 4. The van der Waals surface area contributed by atoms with E-state index in [1.54, 1.807) is 41.6 Å².